The molecule has 0 N–H and O–H groups in total. The van der Waals surface area contributed by atoms with E-state index in [4.69, 9.17) is 0 Å². The largest absolute Gasteiger partial charge is 0.0870 e. The van der Waals surface area contributed by atoms with Crippen molar-refractivity contribution < 1.29 is 0 Å². The van der Waals surface area contributed by atoms with Crippen molar-refractivity contribution in [1.82, 2.24) is 0 Å². The molecule has 1 rings (SSSR count). The predicted octanol–water partition coefficient (Wildman–Crippen LogP) is 3.90. The minimum Gasteiger partial charge on any atom is -0.0870 e. The minimum absolute atomic E-state index is 1.11. The lowest BCUT2D eigenvalue weighted by molar-refractivity contribution is 1.11. The highest BCUT2D eigenvalue weighted by Gasteiger charge is 2.02. The Morgan fingerprint density at radius 2 is 1.92 bits per heavy atom. The topological polar surface area (TPSA) is 0 Å². The molecule has 1 aromatic rings. The van der Waals surface area contributed by atoms with Crippen LogP contribution in [0.15, 0.2) is 18.2 Å². The predicted molar refractivity (Wildman–Crippen MR) is 60.0 cm³/mol. The zero-order chi connectivity index (χ0) is 9.84. The molecule has 0 bridgehead atoms. The van der Waals surface area contributed by atoms with Crippen LogP contribution < -0.4 is 0 Å². The van der Waals surface area contributed by atoms with Crippen LogP contribution in [0.25, 0.3) is 6.08 Å². The Bertz CT molecular complexity index is 319. The van der Waals surface area contributed by atoms with Crippen LogP contribution in [0.3, 0.4) is 0 Å². The molecule has 0 unspecified atom stereocenters. The van der Waals surface area contributed by atoms with Gasteiger partial charge in [-0.2, -0.15) is 0 Å². The zero-order valence-corrected chi connectivity index (χ0v) is 9.02. The van der Waals surface area contributed by atoms with Crippen LogP contribution in [-0.2, 0) is 6.42 Å². The van der Waals surface area contributed by atoms with E-state index < -0.39 is 0 Å². The number of hydrogen-bond acceptors (Lipinski definition) is 0. The van der Waals surface area contributed by atoms with E-state index in [0.29, 0.717) is 0 Å². The van der Waals surface area contributed by atoms with Crippen molar-refractivity contribution in [3.63, 3.8) is 0 Å². The number of aryl methyl sites for hydroxylation is 2. The van der Waals surface area contributed by atoms with E-state index in [1.165, 1.54) is 22.3 Å². The summed E-state index contributed by atoms with van der Waals surface area (Å²) < 4.78 is 0. The highest BCUT2D eigenvalue weighted by molar-refractivity contribution is 5.59. The van der Waals surface area contributed by atoms with Crippen molar-refractivity contribution in [1.29, 1.82) is 0 Å². The van der Waals surface area contributed by atoms with Crippen LogP contribution in [-0.4, -0.2) is 0 Å². The molecule has 0 heteroatoms. The van der Waals surface area contributed by atoms with Gasteiger partial charge in [0.15, 0.2) is 0 Å². The molecule has 0 saturated carbocycles. The Morgan fingerprint density at radius 3 is 2.46 bits per heavy atom. The summed E-state index contributed by atoms with van der Waals surface area (Å²) in [6.07, 6.45) is 5.43. The average molecular weight is 174 g/mol. The van der Waals surface area contributed by atoms with Crippen LogP contribution in [0, 0.1) is 13.8 Å². The zero-order valence-electron chi connectivity index (χ0n) is 9.02. The van der Waals surface area contributed by atoms with E-state index in [0.717, 1.165) is 6.42 Å². The summed E-state index contributed by atoms with van der Waals surface area (Å²) in [5, 5.41) is 0. The fraction of sp³-hybridized carbons (Fsp3) is 0.385. The minimum atomic E-state index is 1.11. The standard InChI is InChI=1S/C13H18/c1-5-7-13-11(4)10(3)8-9-12(13)6-2/h5,7-9H,6H2,1-4H3. The van der Waals surface area contributed by atoms with E-state index in [-0.39, 0.29) is 0 Å². The number of hydrogen-bond donors (Lipinski definition) is 0. The van der Waals surface area contributed by atoms with Crippen molar-refractivity contribution in [3.05, 3.63) is 40.5 Å². The Labute approximate surface area is 81.3 Å². The Morgan fingerprint density at radius 1 is 1.23 bits per heavy atom. The van der Waals surface area contributed by atoms with E-state index in [9.17, 15) is 0 Å². The molecule has 13 heavy (non-hydrogen) atoms. The first-order valence-corrected chi connectivity index (χ1v) is 4.92. The van der Waals surface area contributed by atoms with Crippen molar-refractivity contribution >= 4 is 6.08 Å². The molecule has 0 fully saturated rings. The summed E-state index contributed by atoms with van der Waals surface area (Å²) in [6.45, 7) is 8.64. The van der Waals surface area contributed by atoms with Gasteiger partial charge < -0.3 is 0 Å². The smallest absolute Gasteiger partial charge is 0.0196 e. The summed E-state index contributed by atoms with van der Waals surface area (Å²) in [7, 11) is 0. The lowest BCUT2D eigenvalue weighted by atomic mass is 9.96. The van der Waals surface area contributed by atoms with Gasteiger partial charge in [-0.3, -0.25) is 0 Å². The highest BCUT2D eigenvalue weighted by atomic mass is 14.1. The first-order chi connectivity index (χ1) is 6.20. The lowest BCUT2D eigenvalue weighted by Crippen LogP contribution is -1.92. The second-order valence-corrected chi connectivity index (χ2v) is 3.43. The molecular formula is C13H18. The molecule has 0 heterocycles. The second-order valence-electron chi connectivity index (χ2n) is 3.43. The third-order valence-corrected chi connectivity index (χ3v) is 2.59. The normalized spacial score (nSPS) is 11.1. The monoisotopic (exact) mass is 174 g/mol. The van der Waals surface area contributed by atoms with Gasteiger partial charge in [0.05, 0.1) is 0 Å². The molecule has 0 radical (unpaired) electrons. The summed E-state index contributed by atoms with van der Waals surface area (Å²) in [5.74, 6) is 0. The van der Waals surface area contributed by atoms with Gasteiger partial charge in [-0.05, 0) is 49.4 Å². The molecule has 0 nitrogen and oxygen atoms in total. The summed E-state index contributed by atoms with van der Waals surface area (Å²) in [6, 6.07) is 4.44. The molecule has 0 aliphatic heterocycles. The van der Waals surface area contributed by atoms with Gasteiger partial charge in [0.25, 0.3) is 0 Å². The fourth-order valence-electron chi connectivity index (χ4n) is 1.60. The molecule has 0 aromatic heterocycles. The van der Waals surface area contributed by atoms with Gasteiger partial charge in [0, 0.05) is 0 Å². The molecular weight excluding hydrogens is 156 g/mol. The maximum atomic E-state index is 2.23. The van der Waals surface area contributed by atoms with E-state index in [1.54, 1.807) is 0 Å². The second kappa shape index (κ2) is 4.27. The lowest BCUT2D eigenvalue weighted by Gasteiger charge is -2.09. The average Bonchev–Trinajstić information content (AvgIpc) is 2.14. The maximum Gasteiger partial charge on any atom is -0.0196 e. The van der Waals surface area contributed by atoms with Gasteiger partial charge in [-0.15, -0.1) is 0 Å². The Hall–Kier alpha value is -1.04. The van der Waals surface area contributed by atoms with E-state index in [2.05, 4.69) is 52.0 Å². The molecule has 70 valence electrons. The van der Waals surface area contributed by atoms with E-state index in [1.807, 2.05) is 0 Å². The molecule has 0 aliphatic carbocycles. The van der Waals surface area contributed by atoms with E-state index >= 15 is 0 Å². The summed E-state index contributed by atoms with van der Waals surface area (Å²) in [4.78, 5) is 0. The molecule has 1 aromatic carbocycles. The van der Waals surface area contributed by atoms with Gasteiger partial charge in [0.1, 0.15) is 0 Å². The number of benzene rings is 1. The Balaban J connectivity index is 3.32. The molecule has 0 amide bonds. The van der Waals surface area contributed by atoms with Gasteiger partial charge in [0.2, 0.25) is 0 Å². The van der Waals surface area contributed by atoms with Crippen molar-refractivity contribution in [3.8, 4) is 0 Å². The van der Waals surface area contributed by atoms with Crippen molar-refractivity contribution in [2.45, 2.75) is 34.1 Å². The quantitative estimate of drug-likeness (QED) is 0.638. The van der Waals surface area contributed by atoms with Crippen LogP contribution in [0.5, 0.6) is 0 Å². The first kappa shape index (κ1) is 10.0. The van der Waals surface area contributed by atoms with Crippen LogP contribution in [0.1, 0.15) is 36.1 Å². The van der Waals surface area contributed by atoms with Crippen LogP contribution in [0.4, 0.5) is 0 Å². The molecule has 0 saturated heterocycles. The van der Waals surface area contributed by atoms with Crippen molar-refractivity contribution in [2.75, 3.05) is 0 Å². The first-order valence-electron chi connectivity index (χ1n) is 4.92. The maximum absolute atomic E-state index is 2.23. The van der Waals surface area contributed by atoms with Crippen LogP contribution >= 0.6 is 0 Å². The summed E-state index contributed by atoms with van der Waals surface area (Å²) >= 11 is 0. The van der Waals surface area contributed by atoms with Gasteiger partial charge in [-0.25, -0.2) is 0 Å². The van der Waals surface area contributed by atoms with Crippen LogP contribution in [0.2, 0.25) is 0 Å². The molecule has 0 atom stereocenters. The third-order valence-electron chi connectivity index (χ3n) is 2.59. The van der Waals surface area contributed by atoms with Gasteiger partial charge in [-0.1, -0.05) is 31.2 Å². The fourth-order valence-corrected chi connectivity index (χ4v) is 1.60. The SMILES string of the molecule is CC=Cc1c(CC)ccc(C)c1C. The number of rotatable bonds is 2. The van der Waals surface area contributed by atoms with Crippen molar-refractivity contribution in [2.24, 2.45) is 0 Å². The molecule has 0 aliphatic rings. The highest BCUT2D eigenvalue weighted by Crippen LogP contribution is 2.20. The third kappa shape index (κ3) is 2.00. The summed E-state index contributed by atoms with van der Waals surface area (Å²) in [5.41, 5.74) is 5.65. The molecule has 0 spiro atoms. The Kier molecular flexibility index (Phi) is 3.30. The van der Waals surface area contributed by atoms with Gasteiger partial charge >= 0.3 is 0 Å². The number of allylic oxidation sites excluding steroid dienone is 1.